The maximum absolute atomic E-state index is 11.9. The summed E-state index contributed by atoms with van der Waals surface area (Å²) in [6.07, 6.45) is 0.141. The third-order valence-corrected chi connectivity index (χ3v) is 3.45. The van der Waals surface area contributed by atoms with Crippen LogP contribution in [0.5, 0.6) is 11.5 Å². The third kappa shape index (κ3) is 5.73. The number of ether oxygens (including phenoxy) is 1. The van der Waals surface area contributed by atoms with E-state index in [2.05, 4.69) is 10.6 Å². The van der Waals surface area contributed by atoms with Crippen LogP contribution in [0.2, 0.25) is 0 Å². The van der Waals surface area contributed by atoms with Crippen molar-refractivity contribution < 1.29 is 9.53 Å². The molecule has 5 nitrogen and oxygen atoms in total. The van der Waals surface area contributed by atoms with Gasteiger partial charge in [0.1, 0.15) is 11.5 Å². The van der Waals surface area contributed by atoms with Crippen LogP contribution in [-0.2, 0) is 4.79 Å². The highest BCUT2D eigenvalue weighted by Crippen LogP contribution is 2.22. The summed E-state index contributed by atoms with van der Waals surface area (Å²) in [7, 11) is 3.92. The van der Waals surface area contributed by atoms with Crippen LogP contribution in [0.25, 0.3) is 0 Å². The van der Waals surface area contributed by atoms with E-state index in [4.69, 9.17) is 4.74 Å². The van der Waals surface area contributed by atoms with Gasteiger partial charge in [-0.25, -0.2) is 0 Å². The molecule has 2 N–H and O–H groups in total. The predicted octanol–water partition coefficient (Wildman–Crippen LogP) is 2.91. The van der Waals surface area contributed by atoms with Crippen molar-refractivity contribution in [2.24, 2.45) is 0 Å². The van der Waals surface area contributed by atoms with Crippen LogP contribution in [0.15, 0.2) is 54.6 Å². The van der Waals surface area contributed by atoms with Crippen molar-refractivity contribution >= 4 is 11.6 Å². The van der Waals surface area contributed by atoms with Gasteiger partial charge in [0.15, 0.2) is 0 Å². The molecule has 0 bridgehead atoms. The average Bonchev–Trinajstić information content (AvgIpc) is 2.55. The minimum atomic E-state index is -0.0737. The number of amides is 1. The molecule has 0 fully saturated rings. The van der Waals surface area contributed by atoms with Gasteiger partial charge in [0.25, 0.3) is 0 Å². The zero-order valence-corrected chi connectivity index (χ0v) is 13.7. The van der Waals surface area contributed by atoms with Crippen LogP contribution in [0, 0.1) is 0 Å². The van der Waals surface area contributed by atoms with E-state index in [1.54, 1.807) is 0 Å². The Bertz CT molecular complexity index is 612. The molecule has 0 aliphatic rings. The Kier molecular flexibility index (Phi) is 6.14. The summed E-state index contributed by atoms with van der Waals surface area (Å²) < 4.78 is 5.71. The molecule has 0 radical (unpaired) electrons. The fraction of sp³-hybridized carbons (Fsp3) is 0.278. The quantitative estimate of drug-likeness (QED) is 0.772. The summed E-state index contributed by atoms with van der Waals surface area (Å²) in [4.78, 5) is 13.9. The Labute approximate surface area is 137 Å². The molecule has 1 atom stereocenters. The topological polar surface area (TPSA) is 53.6 Å². The second-order valence-electron chi connectivity index (χ2n) is 5.51. The molecule has 122 valence electrons. The van der Waals surface area contributed by atoms with Crippen LogP contribution < -0.4 is 15.4 Å². The number of rotatable bonds is 7. The number of anilines is 1. The van der Waals surface area contributed by atoms with Gasteiger partial charge in [0.2, 0.25) is 5.91 Å². The van der Waals surface area contributed by atoms with Crippen LogP contribution in [0.4, 0.5) is 5.69 Å². The molecular weight excluding hydrogens is 290 g/mol. The molecule has 0 spiro atoms. The second-order valence-corrected chi connectivity index (χ2v) is 5.51. The number of carbonyl (C=O) groups is 1. The molecular formula is C18H23N3O2. The SMILES string of the molecule is CC(NCC(=O)Nc1ccc(Oc2ccccc2)cc1)N(C)C. The number of benzene rings is 2. The zero-order valence-electron chi connectivity index (χ0n) is 13.7. The van der Waals surface area contributed by atoms with Crippen molar-refractivity contribution in [1.29, 1.82) is 0 Å². The molecule has 0 saturated heterocycles. The van der Waals surface area contributed by atoms with Gasteiger partial charge in [-0.2, -0.15) is 0 Å². The summed E-state index contributed by atoms with van der Waals surface area (Å²) in [6.45, 7) is 2.27. The third-order valence-electron chi connectivity index (χ3n) is 3.45. The Morgan fingerprint density at radius 1 is 1.04 bits per heavy atom. The number of nitrogens with one attached hydrogen (secondary N) is 2. The van der Waals surface area contributed by atoms with Crippen molar-refractivity contribution in [3.8, 4) is 11.5 Å². The van der Waals surface area contributed by atoms with Gasteiger partial charge in [0.05, 0.1) is 12.7 Å². The van der Waals surface area contributed by atoms with Crippen LogP contribution >= 0.6 is 0 Å². The molecule has 0 aliphatic carbocycles. The van der Waals surface area contributed by atoms with Crippen molar-refractivity contribution in [3.63, 3.8) is 0 Å². The molecule has 2 rings (SSSR count). The normalized spacial score (nSPS) is 12.0. The Morgan fingerprint density at radius 3 is 2.26 bits per heavy atom. The average molecular weight is 313 g/mol. The summed E-state index contributed by atoms with van der Waals surface area (Å²) in [6, 6.07) is 16.9. The van der Waals surface area contributed by atoms with E-state index in [-0.39, 0.29) is 18.6 Å². The lowest BCUT2D eigenvalue weighted by molar-refractivity contribution is -0.115. The first-order valence-corrected chi connectivity index (χ1v) is 7.57. The van der Waals surface area contributed by atoms with Crippen LogP contribution in [0.3, 0.4) is 0 Å². The monoisotopic (exact) mass is 313 g/mol. The van der Waals surface area contributed by atoms with Gasteiger partial charge in [-0.15, -0.1) is 0 Å². The standard InChI is InChI=1S/C18H23N3O2/c1-14(21(2)3)19-13-18(22)20-15-9-11-17(12-10-15)23-16-7-5-4-6-8-16/h4-12,14,19H,13H2,1-3H3,(H,20,22). The molecule has 0 aliphatic heterocycles. The van der Waals surface area contributed by atoms with Crippen LogP contribution in [-0.4, -0.2) is 37.6 Å². The predicted molar refractivity (Wildman–Crippen MR) is 92.7 cm³/mol. The maximum atomic E-state index is 11.9. The first-order chi connectivity index (χ1) is 11.0. The molecule has 0 saturated carbocycles. The van der Waals surface area contributed by atoms with Crippen molar-refractivity contribution in [3.05, 3.63) is 54.6 Å². The lowest BCUT2D eigenvalue weighted by Crippen LogP contribution is -2.42. The molecule has 0 heterocycles. The van der Waals surface area contributed by atoms with Crippen LogP contribution in [0.1, 0.15) is 6.92 Å². The zero-order chi connectivity index (χ0) is 16.7. The molecule has 0 aromatic heterocycles. The van der Waals surface area contributed by atoms with Gasteiger partial charge in [-0.1, -0.05) is 18.2 Å². The summed E-state index contributed by atoms with van der Waals surface area (Å²) >= 11 is 0. The van der Waals surface area contributed by atoms with E-state index in [0.717, 1.165) is 17.2 Å². The lowest BCUT2D eigenvalue weighted by Gasteiger charge is -2.20. The van der Waals surface area contributed by atoms with E-state index < -0.39 is 0 Å². The smallest absolute Gasteiger partial charge is 0.238 e. The second kappa shape index (κ2) is 8.31. The maximum Gasteiger partial charge on any atom is 0.238 e. The number of para-hydroxylation sites is 1. The van der Waals surface area contributed by atoms with E-state index in [1.165, 1.54) is 0 Å². The van der Waals surface area contributed by atoms with Crippen molar-refractivity contribution in [2.75, 3.05) is 26.0 Å². The summed E-state index contributed by atoms with van der Waals surface area (Å²) in [5.41, 5.74) is 0.745. The highest BCUT2D eigenvalue weighted by molar-refractivity contribution is 5.92. The molecule has 23 heavy (non-hydrogen) atoms. The van der Waals surface area contributed by atoms with Gasteiger partial charge in [-0.3, -0.25) is 15.0 Å². The minimum Gasteiger partial charge on any atom is -0.457 e. The van der Waals surface area contributed by atoms with Crippen molar-refractivity contribution in [1.82, 2.24) is 10.2 Å². The molecule has 2 aromatic carbocycles. The molecule has 5 heteroatoms. The van der Waals surface area contributed by atoms with Crippen molar-refractivity contribution in [2.45, 2.75) is 13.1 Å². The number of hydrogen-bond acceptors (Lipinski definition) is 4. The molecule has 1 amide bonds. The Hall–Kier alpha value is -2.37. The van der Waals surface area contributed by atoms with Gasteiger partial charge in [0, 0.05) is 5.69 Å². The highest BCUT2D eigenvalue weighted by atomic mass is 16.5. The van der Waals surface area contributed by atoms with Gasteiger partial charge >= 0.3 is 0 Å². The van der Waals surface area contributed by atoms with E-state index >= 15 is 0 Å². The highest BCUT2D eigenvalue weighted by Gasteiger charge is 2.07. The fourth-order valence-electron chi connectivity index (χ4n) is 1.86. The minimum absolute atomic E-state index is 0.0737. The number of carbonyl (C=O) groups excluding carboxylic acids is 1. The number of nitrogens with zero attached hydrogens (tertiary/aromatic N) is 1. The first kappa shape index (κ1) is 17.0. The summed E-state index contributed by atoms with van der Waals surface area (Å²) in [5.74, 6) is 1.44. The molecule has 1 unspecified atom stereocenters. The van der Waals surface area contributed by atoms with E-state index in [9.17, 15) is 4.79 Å². The van der Waals surface area contributed by atoms with Gasteiger partial charge in [-0.05, 0) is 57.4 Å². The Morgan fingerprint density at radius 2 is 1.65 bits per heavy atom. The largest absolute Gasteiger partial charge is 0.457 e. The van der Waals surface area contributed by atoms with E-state index in [1.807, 2.05) is 80.5 Å². The lowest BCUT2D eigenvalue weighted by atomic mass is 10.3. The summed E-state index contributed by atoms with van der Waals surface area (Å²) in [5, 5.41) is 5.99. The van der Waals surface area contributed by atoms with Gasteiger partial charge < -0.3 is 10.1 Å². The van der Waals surface area contributed by atoms with E-state index in [0.29, 0.717) is 0 Å². The fourth-order valence-corrected chi connectivity index (χ4v) is 1.86. The number of hydrogen-bond donors (Lipinski definition) is 2. The Balaban J connectivity index is 1.84. The molecule has 2 aromatic rings. The first-order valence-electron chi connectivity index (χ1n) is 7.57.